The van der Waals surface area contributed by atoms with Gasteiger partial charge in [-0.15, -0.1) is 0 Å². The zero-order valence-corrected chi connectivity index (χ0v) is 13.0. The van der Waals surface area contributed by atoms with Gasteiger partial charge in [-0.25, -0.2) is 0 Å². The molecule has 0 radical (unpaired) electrons. The van der Waals surface area contributed by atoms with E-state index in [2.05, 4.69) is 11.1 Å². The first-order valence-electron chi connectivity index (χ1n) is 7.73. The second-order valence-corrected chi connectivity index (χ2v) is 5.98. The molecule has 1 aliphatic carbocycles. The first kappa shape index (κ1) is 13.9. The van der Waals surface area contributed by atoms with E-state index >= 15 is 0 Å². The van der Waals surface area contributed by atoms with Crippen molar-refractivity contribution in [1.82, 2.24) is 0 Å². The van der Waals surface area contributed by atoms with Crippen LogP contribution in [0.4, 0.5) is 11.4 Å². The van der Waals surface area contributed by atoms with Gasteiger partial charge in [0.15, 0.2) is 0 Å². The van der Waals surface area contributed by atoms with Gasteiger partial charge in [0.05, 0.1) is 12.8 Å². The van der Waals surface area contributed by atoms with E-state index in [1.165, 1.54) is 11.1 Å². The average molecular weight is 309 g/mol. The van der Waals surface area contributed by atoms with Crippen molar-refractivity contribution in [3.05, 3.63) is 53.1 Å². The summed E-state index contributed by atoms with van der Waals surface area (Å²) in [4.78, 5) is 4.29. The summed E-state index contributed by atoms with van der Waals surface area (Å²) in [6.45, 7) is 0. The summed E-state index contributed by atoms with van der Waals surface area (Å²) in [5, 5.41) is 0. The summed E-state index contributed by atoms with van der Waals surface area (Å²) in [5.74, 6) is 1.08. The summed E-state index contributed by atoms with van der Waals surface area (Å²) in [6.07, 6.45) is 1.80. The molecule has 1 aliphatic heterocycles. The topological polar surface area (TPSA) is 82.9 Å². The van der Waals surface area contributed by atoms with Crippen molar-refractivity contribution in [3.63, 3.8) is 0 Å². The number of nitrogen functional groups attached to an aromatic ring is 1. The van der Waals surface area contributed by atoms with Gasteiger partial charge in [-0.1, -0.05) is 12.1 Å². The van der Waals surface area contributed by atoms with Gasteiger partial charge in [-0.3, -0.25) is 0 Å². The standard InChI is InChI=1S/C18H19N3O2/c1-22-15-4-2-3-10-5-7-12(16(10)15)17-13-9-11(19)6-8-14(13)21-18(20)23-17/h2-4,6,8-9,12,17H,5,7,19H2,1H3,(H2,20,21). The Kier molecular flexibility index (Phi) is 3.15. The molecule has 23 heavy (non-hydrogen) atoms. The highest BCUT2D eigenvalue weighted by molar-refractivity contribution is 5.79. The minimum Gasteiger partial charge on any atom is -0.496 e. The molecule has 0 bridgehead atoms. The zero-order valence-electron chi connectivity index (χ0n) is 13.0. The second kappa shape index (κ2) is 5.19. The van der Waals surface area contributed by atoms with E-state index in [1.807, 2.05) is 30.3 Å². The molecule has 5 heteroatoms. The maximum atomic E-state index is 5.97. The number of amidine groups is 1. The van der Waals surface area contributed by atoms with Crippen LogP contribution in [0.25, 0.3) is 0 Å². The van der Waals surface area contributed by atoms with E-state index in [0.29, 0.717) is 5.69 Å². The quantitative estimate of drug-likeness (QED) is 0.835. The minimum atomic E-state index is -0.191. The number of nitrogens with two attached hydrogens (primary N) is 2. The molecule has 1 heterocycles. The van der Waals surface area contributed by atoms with Crippen LogP contribution in [-0.2, 0) is 11.2 Å². The molecule has 2 aliphatic rings. The van der Waals surface area contributed by atoms with Crippen LogP contribution in [0, 0.1) is 0 Å². The predicted molar refractivity (Wildman–Crippen MR) is 90.0 cm³/mol. The number of aryl methyl sites for hydroxylation is 1. The third kappa shape index (κ3) is 2.20. The van der Waals surface area contributed by atoms with Gasteiger partial charge < -0.3 is 20.9 Å². The summed E-state index contributed by atoms with van der Waals surface area (Å²) in [7, 11) is 1.70. The van der Waals surface area contributed by atoms with Crippen LogP contribution in [0.2, 0.25) is 0 Å². The second-order valence-electron chi connectivity index (χ2n) is 5.98. The molecular weight excluding hydrogens is 290 g/mol. The Balaban J connectivity index is 1.83. The van der Waals surface area contributed by atoms with Crippen molar-refractivity contribution < 1.29 is 9.47 Å². The van der Waals surface area contributed by atoms with Gasteiger partial charge >= 0.3 is 0 Å². The number of rotatable bonds is 2. The zero-order chi connectivity index (χ0) is 16.0. The van der Waals surface area contributed by atoms with Crippen LogP contribution in [0.5, 0.6) is 5.75 Å². The lowest BCUT2D eigenvalue weighted by Crippen LogP contribution is -2.26. The maximum absolute atomic E-state index is 5.97. The highest BCUT2D eigenvalue weighted by Gasteiger charge is 2.37. The van der Waals surface area contributed by atoms with Gasteiger partial charge in [-0.2, -0.15) is 4.99 Å². The molecule has 0 amide bonds. The fourth-order valence-electron chi connectivity index (χ4n) is 3.70. The third-order valence-electron chi connectivity index (χ3n) is 4.67. The third-order valence-corrected chi connectivity index (χ3v) is 4.67. The molecule has 2 atom stereocenters. The van der Waals surface area contributed by atoms with Crippen molar-refractivity contribution in [3.8, 4) is 5.75 Å². The molecule has 2 unspecified atom stereocenters. The van der Waals surface area contributed by atoms with Crippen LogP contribution < -0.4 is 16.2 Å². The summed E-state index contributed by atoms with van der Waals surface area (Å²) >= 11 is 0. The van der Waals surface area contributed by atoms with Crippen LogP contribution in [0.3, 0.4) is 0 Å². The molecule has 0 aromatic heterocycles. The van der Waals surface area contributed by atoms with Gasteiger partial charge in [0, 0.05) is 22.7 Å². The van der Waals surface area contributed by atoms with Gasteiger partial charge in [0.2, 0.25) is 0 Å². The number of methoxy groups -OCH3 is 1. The van der Waals surface area contributed by atoms with Crippen molar-refractivity contribution in [2.75, 3.05) is 12.8 Å². The Bertz CT molecular complexity index is 801. The summed E-state index contributed by atoms with van der Waals surface area (Å²) < 4.78 is 11.5. The molecule has 0 saturated carbocycles. The van der Waals surface area contributed by atoms with E-state index in [4.69, 9.17) is 20.9 Å². The number of aliphatic imine (C=N–C) groups is 1. The van der Waals surface area contributed by atoms with Crippen LogP contribution >= 0.6 is 0 Å². The average Bonchev–Trinajstić information content (AvgIpc) is 2.98. The highest BCUT2D eigenvalue weighted by Crippen LogP contribution is 2.50. The van der Waals surface area contributed by atoms with Gasteiger partial charge in [0.25, 0.3) is 6.02 Å². The lowest BCUT2D eigenvalue weighted by molar-refractivity contribution is 0.150. The van der Waals surface area contributed by atoms with Crippen LogP contribution in [-0.4, -0.2) is 13.1 Å². The molecule has 0 saturated heterocycles. The Labute approximate surface area is 134 Å². The van der Waals surface area contributed by atoms with Crippen molar-refractivity contribution in [2.24, 2.45) is 10.7 Å². The number of benzene rings is 2. The normalized spacial score (nSPS) is 21.9. The van der Waals surface area contributed by atoms with E-state index < -0.39 is 0 Å². The largest absolute Gasteiger partial charge is 0.496 e. The number of anilines is 1. The van der Waals surface area contributed by atoms with Crippen LogP contribution in [0.1, 0.15) is 35.1 Å². The Morgan fingerprint density at radius 2 is 2.09 bits per heavy atom. The van der Waals surface area contributed by atoms with Crippen molar-refractivity contribution >= 4 is 17.4 Å². The van der Waals surface area contributed by atoms with E-state index in [9.17, 15) is 0 Å². The molecule has 0 spiro atoms. The molecule has 4 N–H and O–H groups in total. The summed E-state index contributed by atoms with van der Waals surface area (Å²) in [6, 6.07) is 12.0. The van der Waals surface area contributed by atoms with E-state index in [1.54, 1.807) is 7.11 Å². The number of fused-ring (bicyclic) bond motifs is 2. The number of ether oxygens (including phenoxy) is 2. The van der Waals surface area contributed by atoms with Crippen molar-refractivity contribution in [2.45, 2.75) is 24.9 Å². The molecular formula is C18H19N3O2. The lowest BCUT2D eigenvalue weighted by Gasteiger charge is -2.30. The Hall–Kier alpha value is -2.69. The lowest BCUT2D eigenvalue weighted by atomic mass is 9.88. The first-order valence-corrected chi connectivity index (χ1v) is 7.73. The van der Waals surface area contributed by atoms with Gasteiger partial charge in [-0.05, 0) is 42.7 Å². The Morgan fingerprint density at radius 1 is 1.22 bits per heavy atom. The van der Waals surface area contributed by atoms with Crippen molar-refractivity contribution in [1.29, 1.82) is 0 Å². The Morgan fingerprint density at radius 3 is 2.91 bits per heavy atom. The van der Waals surface area contributed by atoms with E-state index in [0.717, 1.165) is 29.8 Å². The predicted octanol–water partition coefficient (Wildman–Crippen LogP) is 3.02. The highest BCUT2D eigenvalue weighted by atomic mass is 16.5. The van der Waals surface area contributed by atoms with Crippen LogP contribution in [0.15, 0.2) is 41.4 Å². The summed E-state index contributed by atoms with van der Waals surface area (Å²) in [5.41, 5.74) is 16.9. The number of hydrogen-bond donors (Lipinski definition) is 2. The fraction of sp³-hybridized carbons (Fsp3) is 0.278. The molecule has 5 nitrogen and oxygen atoms in total. The SMILES string of the molecule is COc1cccc2c1C(C1OC(N)=Nc3ccc(N)cc31)CC2. The minimum absolute atomic E-state index is 0.177. The smallest absolute Gasteiger partial charge is 0.287 e. The van der Waals surface area contributed by atoms with E-state index in [-0.39, 0.29) is 18.0 Å². The number of hydrogen-bond acceptors (Lipinski definition) is 5. The fourth-order valence-corrected chi connectivity index (χ4v) is 3.70. The molecule has 4 rings (SSSR count). The molecule has 2 aromatic carbocycles. The number of nitrogens with zero attached hydrogens (tertiary/aromatic N) is 1. The maximum Gasteiger partial charge on any atom is 0.287 e. The first-order chi connectivity index (χ1) is 11.2. The molecule has 118 valence electrons. The molecule has 0 fully saturated rings. The van der Waals surface area contributed by atoms with Gasteiger partial charge in [0.1, 0.15) is 11.9 Å². The molecule has 2 aromatic rings. The monoisotopic (exact) mass is 309 g/mol.